The first-order chi connectivity index (χ1) is 9.27. The van der Waals surface area contributed by atoms with Crippen LogP contribution < -0.4 is 0 Å². The number of hydrogen-bond donors (Lipinski definition) is 1. The van der Waals surface area contributed by atoms with Crippen LogP contribution in [0.1, 0.15) is 55.4 Å². The van der Waals surface area contributed by atoms with Gasteiger partial charge in [0.05, 0.1) is 6.54 Å². The lowest BCUT2D eigenvalue weighted by molar-refractivity contribution is 0.0821. The second kappa shape index (κ2) is 5.72. The van der Waals surface area contributed by atoms with Gasteiger partial charge in [0.1, 0.15) is 0 Å². The monoisotopic (exact) mass is 276 g/mol. The van der Waals surface area contributed by atoms with Crippen LogP contribution in [-0.2, 0) is 0 Å². The Kier molecular flexibility index (Phi) is 4.38. The fourth-order valence-corrected chi connectivity index (χ4v) is 3.26. The number of carbonyl (C=O) groups is 1. The van der Waals surface area contributed by atoms with Gasteiger partial charge in [0.2, 0.25) is 0 Å². The van der Waals surface area contributed by atoms with Gasteiger partial charge in [-0.2, -0.15) is 0 Å². The Hall–Kier alpha value is -1.09. The number of aromatic amines is 1. The lowest BCUT2D eigenvalue weighted by Crippen LogP contribution is -2.40. The van der Waals surface area contributed by atoms with Crippen molar-refractivity contribution in [2.45, 2.75) is 47.5 Å². The highest BCUT2D eigenvalue weighted by Crippen LogP contribution is 2.34. The van der Waals surface area contributed by atoms with Crippen LogP contribution >= 0.6 is 0 Å². The molecule has 3 nitrogen and oxygen atoms in total. The lowest BCUT2D eigenvalue weighted by atomic mass is 9.75. The number of H-pyrrole nitrogens is 1. The molecule has 2 heterocycles. The minimum atomic E-state index is 0.251. The number of nitrogens with zero attached hydrogens (tertiary/aromatic N) is 1. The van der Waals surface area contributed by atoms with Gasteiger partial charge in [0.25, 0.3) is 0 Å². The van der Waals surface area contributed by atoms with Crippen LogP contribution in [0, 0.1) is 25.2 Å². The van der Waals surface area contributed by atoms with Crippen molar-refractivity contribution < 1.29 is 4.79 Å². The Morgan fingerprint density at radius 1 is 1.30 bits per heavy atom. The van der Waals surface area contributed by atoms with Gasteiger partial charge in [-0.05, 0) is 57.2 Å². The van der Waals surface area contributed by atoms with Crippen molar-refractivity contribution in [3.63, 3.8) is 0 Å². The molecule has 1 aromatic rings. The highest BCUT2D eigenvalue weighted by atomic mass is 16.1. The Morgan fingerprint density at radius 2 is 1.90 bits per heavy atom. The van der Waals surface area contributed by atoms with Crippen LogP contribution in [-0.4, -0.2) is 35.3 Å². The molecule has 0 atom stereocenters. The molecule has 0 aliphatic carbocycles. The van der Waals surface area contributed by atoms with Gasteiger partial charge in [0, 0.05) is 17.0 Å². The molecule has 0 spiro atoms. The number of piperidine rings is 1. The SMILES string of the molecule is Cc1cc(C(=O)CN2CCC(C(C)(C)C)CC2)c(C)[nH]1. The van der Waals surface area contributed by atoms with E-state index in [0.717, 1.165) is 36.0 Å². The van der Waals surface area contributed by atoms with Gasteiger partial charge in [-0.15, -0.1) is 0 Å². The zero-order chi connectivity index (χ0) is 14.9. The molecule has 2 rings (SSSR count). The largest absolute Gasteiger partial charge is 0.362 e. The number of ketones is 1. The van der Waals surface area contributed by atoms with E-state index in [0.29, 0.717) is 12.0 Å². The van der Waals surface area contributed by atoms with Crippen molar-refractivity contribution in [2.75, 3.05) is 19.6 Å². The van der Waals surface area contributed by atoms with Crippen LogP contribution in [0.25, 0.3) is 0 Å². The van der Waals surface area contributed by atoms with E-state index < -0.39 is 0 Å². The van der Waals surface area contributed by atoms with Crippen LogP contribution in [0.3, 0.4) is 0 Å². The second-order valence-electron chi connectivity index (χ2n) is 7.33. The van der Waals surface area contributed by atoms with E-state index >= 15 is 0 Å². The van der Waals surface area contributed by atoms with E-state index in [1.807, 2.05) is 19.9 Å². The van der Waals surface area contributed by atoms with Gasteiger partial charge >= 0.3 is 0 Å². The van der Waals surface area contributed by atoms with Crippen LogP contribution in [0.15, 0.2) is 6.07 Å². The predicted molar refractivity (Wildman–Crippen MR) is 83.2 cm³/mol. The van der Waals surface area contributed by atoms with Gasteiger partial charge < -0.3 is 4.98 Å². The fourth-order valence-electron chi connectivity index (χ4n) is 3.26. The molecule has 0 radical (unpaired) electrons. The fraction of sp³-hybridized carbons (Fsp3) is 0.706. The Labute approximate surface area is 122 Å². The summed E-state index contributed by atoms with van der Waals surface area (Å²) in [6.45, 7) is 13.6. The third kappa shape index (κ3) is 3.51. The van der Waals surface area contributed by atoms with E-state index in [1.54, 1.807) is 0 Å². The first kappa shape index (κ1) is 15.3. The normalized spacial score (nSPS) is 18.4. The Morgan fingerprint density at radius 3 is 2.35 bits per heavy atom. The number of Topliss-reactive ketones (excluding diaryl/α,β-unsaturated/α-hetero) is 1. The molecule has 1 saturated heterocycles. The van der Waals surface area contributed by atoms with E-state index in [1.165, 1.54) is 12.8 Å². The average molecular weight is 276 g/mol. The minimum Gasteiger partial charge on any atom is -0.362 e. The van der Waals surface area contributed by atoms with Gasteiger partial charge in [-0.25, -0.2) is 0 Å². The topological polar surface area (TPSA) is 36.1 Å². The van der Waals surface area contributed by atoms with E-state index in [9.17, 15) is 4.79 Å². The van der Waals surface area contributed by atoms with Crippen molar-refractivity contribution in [1.29, 1.82) is 0 Å². The van der Waals surface area contributed by atoms with Crippen LogP contribution in [0.5, 0.6) is 0 Å². The van der Waals surface area contributed by atoms with Gasteiger partial charge in [-0.1, -0.05) is 20.8 Å². The molecule has 0 bridgehead atoms. The number of hydrogen-bond acceptors (Lipinski definition) is 2. The third-order valence-electron chi connectivity index (χ3n) is 4.63. The molecule has 0 aromatic carbocycles. The molecule has 1 aliphatic heterocycles. The first-order valence-electron chi connectivity index (χ1n) is 7.69. The Balaban J connectivity index is 1.90. The van der Waals surface area contributed by atoms with E-state index in [4.69, 9.17) is 0 Å². The minimum absolute atomic E-state index is 0.251. The number of aryl methyl sites for hydroxylation is 2. The number of rotatable bonds is 3. The molecule has 0 unspecified atom stereocenters. The molecule has 0 amide bonds. The lowest BCUT2D eigenvalue weighted by Gasteiger charge is -2.38. The maximum Gasteiger partial charge on any atom is 0.178 e. The summed E-state index contributed by atoms with van der Waals surface area (Å²) in [4.78, 5) is 17.9. The molecule has 20 heavy (non-hydrogen) atoms. The van der Waals surface area contributed by atoms with Gasteiger partial charge in [0.15, 0.2) is 5.78 Å². The molecular formula is C17H28N2O. The van der Waals surface area contributed by atoms with Crippen molar-refractivity contribution >= 4 is 5.78 Å². The van der Waals surface area contributed by atoms with Crippen LogP contribution in [0.4, 0.5) is 0 Å². The first-order valence-corrected chi connectivity index (χ1v) is 7.69. The van der Waals surface area contributed by atoms with Crippen LogP contribution in [0.2, 0.25) is 0 Å². The van der Waals surface area contributed by atoms with Crippen molar-refractivity contribution in [3.05, 3.63) is 23.0 Å². The quantitative estimate of drug-likeness (QED) is 0.857. The number of nitrogens with one attached hydrogen (secondary N) is 1. The maximum absolute atomic E-state index is 12.4. The Bertz CT molecular complexity index is 474. The van der Waals surface area contributed by atoms with Crippen molar-refractivity contribution in [1.82, 2.24) is 9.88 Å². The molecule has 1 aliphatic rings. The molecular weight excluding hydrogens is 248 g/mol. The van der Waals surface area contributed by atoms with Gasteiger partial charge in [-0.3, -0.25) is 9.69 Å². The standard InChI is InChI=1S/C17H28N2O/c1-12-10-15(13(2)18-12)16(20)11-19-8-6-14(7-9-19)17(3,4)5/h10,14,18H,6-9,11H2,1-5H3. The number of likely N-dealkylation sites (tertiary alicyclic amines) is 1. The molecule has 1 fully saturated rings. The summed E-state index contributed by atoms with van der Waals surface area (Å²) >= 11 is 0. The molecule has 112 valence electrons. The predicted octanol–water partition coefficient (Wildman–Crippen LogP) is 3.57. The zero-order valence-electron chi connectivity index (χ0n) is 13.5. The summed E-state index contributed by atoms with van der Waals surface area (Å²) in [5.41, 5.74) is 3.32. The maximum atomic E-state index is 12.4. The number of carbonyl (C=O) groups excluding carboxylic acids is 1. The summed E-state index contributed by atoms with van der Waals surface area (Å²) in [5, 5.41) is 0. The summed E-state index contributed by atoms with van der Waals surface area (Å²) in [7, 11) is 0. The average Bonchev–Trinajstić information content (AvgIpc) is 2.68. The molecule has 0 saturated carbocycles. The summed E-state index contributed by atoms with van der Waals surface area (Å²) in [5.74, 6) is 1.03. The highest BCUT2D eigenvalue weighted by Gasteiger charge is 2.29. The molecule has 1 aromatic heterocycles. The zero-order valence-corrected chi connectivity index (χ0v) is 13.5. The van der Waals surface area contributed by atoms with E-state index in [-0.39, 0.29) is 5.78 Å². The second-order valence-corrected chi connectivity index (χ2v) is 7.33. The van der Waals surface area contributed by atoms with E-state index in [2.05, 4.69) is 30.7 Å². The third-order valence-corrected chi connectivity index (χ3v) is 4.63. The summed E-state index contributed by atoms with van der Waals surface area (Å²) < 4.78 is 0. The van der Waals surface area contributed by atoms with Crippen molar-refractivity contribution in [2.24, 2.45) is 11.3 Å². The smallest absolute Gasteiger partial charge is 0.178 e. The summed E-state index contributed by atoms with van der Waals surface area (Å²) in [6.07, 6.45) is 2.42. The summed E-state index contributed by atoms with van der Waals surface area (Å²) in [6, 6.07) is 1.97. The van der Waals surface area contributed by atoms with Crippen molar-refractivity contribution in [3.8, 4) is 0 Å². The number of aromatic nitrogens is 1. The molecule has 1 N–H and O–H groups in total. The molecule has 3 heteroatoms. The highest BCUT2D eigenvalue weighted by molar-refractivity contribution is 5.98.